The molecule has 4 rings (SSSR count). The highest BCUT2D eigenvalue weighted by Gasteiger charge is 2.22. The van der Waals surface area contributed by atoms with Crippen LogP contribution in [-0.4, -0.2) is 45.5 Å². The van der Waals surface area contributed by atoms with E-state index < -0.39 is 0 Å². The summed E-state index contributed by atoms with van der Waals surface area (Å²) in [6, 6.07) is 3.83. The van der Waals surface area contributed by atoms with Crippen LogP contribution >= 0.6 is 11.3 Å². The molecule has 1 aliphatic heterocycles. The van der Waals surface area contributed by atoms with Gasteiger partial charge in [0.1, 0.15) is 0 Å². The number of aryl methyl sites for hydroxylation is 1. The molecule has 0 N–H and O–H groups in total. The molecule has 1 aliphatic rings. The van der Waals surface area contributed by atoms with Gasteiger partial charge in [0.2, 0.25) is 0 Å². The predicted molar refractivity (Wildman–Crippen MR) is 91.8 cm³/mol. The number of hydrogen-bond donors (Lipinski definition) is 0. The zero-order chi connectivity index (χ0) is 16.4. The molecule has 1 fully saturated rings. The summed E-state index contributed by atoms with van der Waals surface area (Å²) in [5.41, 5.74) is 2.26. The van der Waals surface area contributed by atoms with Crippen molar-refractivity contribution in [1.82, 2.24) is 19.7 Å². The maximum atomic E-state index is 5.89. The average Bonchev–Trinajstić information content (AvgIpc) is 3.29. The Labute approximate surface area is 144 Å². The Morgan fingerprint density at radius 3 is 3.17 bits per heavy atom. The molecule has 0 bridgehead atoms. The second kappa shape index (κ2) is 6.88. The van der Waals surface area contributed by atoms with Gasteiger partial charge in [0.15, 0.2) is 10.8 Å². The van der Waals surface area contributed by atoms with Crippen LogP contribution < -0.4 is 0 Å². The molecule has 3 aromatic rings. The molecule has 3 aromatic heterocycles. The molecule has 0 amide bonds. The van der Waals surface area contributed by atoms with Crippen LogP contribution in [0.15, 0.2) is 40.6 Å². The molecule has 4 heterocycles. The van der Waals surface area contributed by atoms with Gasteiger partial charge in [0.05, 0.1) is 37.4 Å². The van der Waals surface area contributed by atoms with Crippen molar-refractivity contribution in [3.63, 3.8) is 0 Å². The standard InChI is InChI=1S/C17H20N4O2S/c1-13-7-18-21(8-13)11-15-10-20(4-6-22-15)9-14-12-24-17(19-14)16-3-2-5-23-16/h2-3,5,7-8,12,15H,4,6,9-11H2,1H3. The fourth-order valence-electron chi connectivity index (χ4n) is 2.93. The molecule has 1 saturated heterocycles. The maximum absolute atomic E-state index is 5.89. The summed E-state index contributed by atoms with van der Waals surface area (Å²) < 4.78 is 13.3. The lowest BCUT2D eigenvalue weighted by molar-refractivity contribution is -0.0405. The van der Waals surface area contributed by atoms with Gasteiger partial charge in [0.25, 0.3) is 0 Å². The number of rotatable bonds is 5. The van der Waals surface area contributed by atoms with Gasteiger partial charge in [-0.15, -0.1) is 11.3 Å². The number of nitrogens with zero attached hydrogens (tertiary/aromatic N) is 4. The van der Waals surface area contributed by atoms with E-state index in [1.165, 1.54) is 5.56 Å². The lowest BCUT2D eigenvalue weighted by Crippen LogP contribution is -2.43. The van der Waals surface area contributed by atoms with Crippen molar-refractivity contribution in [3.8, 4) is 10.8 Å². The van der Waals surface area contributed by atoms with Gasteiger partial charge < -0.3 is 9.15 Å². The predicted octanol–water partition coefficient (Wildman–Crippen LogP) is 2.81. The molecular weight excluding hydrogens is 324 g/mol. The van der Waals surface area contributed by atoms with E-state index in [0.29, 0.717) is 0 Å². The molecule has 126 valence electrons. The Hall–Kier alpha value is -1.96. The van der Waals surface area contributed by atoms with Gasteiger partial charge in [-0.25, -0.2) is 4.98 Å². The van der Waals surface area contributed by atoms with Gasteiger partial charge in [0, 0.05) is 31.2 Å². The second-order valence-electron chi connectivity index (χ2n) is 6.09. The van der Waals surface area contributed by atoms with E-state index in [9.17, 15) is 0 Å². The number of furan rings is 1. The lowest BCUT2D eigenvalue weighted by atomic mass is 10.2. The van der Waals surface area contributed by atoms with Crippen molar-refractivity contribution in [2.75, 3.05) is 19.7 Å². The third kappa shape index (κ3) is 3.58. The van der Waals surface area contributed by atoms with Crippen molar-refractivity contribution in [3.05, 3.63) is 47.4 Å². The highest BCUT2D eigenvalue weighted by molar-refractivity contribution is 7.13. The number of morpholine rings is 1. The maximum Gasteiger partial charge on any atom is 0.162 e. The van der Waals surface area contributed by atoms with E-state index in [1.807, 2.05) is 23.0 Å². The summed E-state index contributed by atoms with van der Waals surface area (Å²) in [6.45, 7) is 6.26. The van der Waals surface area contributed by atoms with Gasteiger partial charge in [-0.2, -0.15) is 5.10 Å². The average molecular weight is 344 g/mol. The van der Waals surface area contributed by atoms with Gasteiger partial charge in [-0.3, -0.25) is 9.58 Å². The lowest BCUT2D eigenvalue weighted by Gasteiger charge is -2.32. The Bertz CT molecular complexity index is 780. The minimum Gasteiger partial charge on any atom is -0.462 e. The summed E-state index contributed by atoms with van der Waals surface area (Å²) in [6.07, 6.45) is 5.78. The van der Waals surface area contributed by atoms with E-state index in [1.54, 1.807) is 17.6 Å². The number of thiazole rings is 1. The summed E-state index contributed by atoms with van der Waals surface area (Å²) >= 11 is 1.63. The minimum atomic E-state index is 0.168. The van der Waals surface area contributed by atoms with E-state index in [-0.39, 0.29) is 6.10 Å². The van der Waals surface area contributed by atoms with Crippen LogP contribution in [0.3, 0.4) is 0 Å². The Morgan fingerprint density at radius 2 is 2.38 bits per heavy atom. The van der Waals surface area contributed by atoms with Gasteiger partial charge >= 0.3 is 0 Å². The molecule has 1 unspecified atom stereocenters. The highest BCUT2D eigenvalue weighted by atomic mass is 32.1. The smallest absolute Gasteiger partial charge is 0.162 e. The quantitative estimate of drug-likeness (QED) is 0.712. The Kier molecular flexibility index (Phi) is 4.46. The van der Waals surface area contributed by atoms with E-state index in [0.717, 1.165) is 49.2 Å². The molecule has 24 heavy (non-hydrogen) atoms. The van der Waals surface area contributed by atoms with Crippen molar-refractivity contribution in [1.29, 1.82) is 0 Å². The molecule has 0 aliphatic carbocycles. The van der Waals surface area contributed by atoms with Crippen molar-refractivity contribution in [2.24, 2.45) is 0 Å². The molecule has 0 aromatic carbocycles. The second-order valence-corrected chi connectivity index (χ2v) is 6.95. The van der Waals surface area contributed by atoms with Gasteiger partial charge in [-0.05, 0) is 24.6 Å². The van der Waals surface area contributed by atoms with Crippen LogP contribution in [0.5, 0.6) is 0 Å². The van der Waals surface area contributed by atoms with Crippen LogP contribution in [0.4, 0.5) is 0 Å². The first-order valence-electron chi connectivity index (χ1n) is 8.07. The van der Waals surface area contributed by atoms with Crippen molar-refractivity contribution < 1.29 is 9.15 Å². The summed E-state index contributed by atoms with van der Waals surface area (Å²) in [5.74, 6) is 0.833. The first-order chi connectivity index (χ1) is 11.8. The summed E-state index contributed by atoms with van der Waals surface area (Å²) in [4.78, 5) is 7.08. The third-order valence-electron chi connectivity index (χ3n) is 4.05. The number of hydrogen-bond acceptors (Lipinski definition) is 6. The van der Waals surface area contributed by atoms with Crippen LogP contribution in [-0.2, 0) is 17.8 Å². The van der Waals surface area contributed by atoms with Crippen LogP contribution in [0.25, 0.3) is 10.8 Å². The molecule has 6 nitrogen and oxygen atoms in total. The van der Waals surface area contributed by atoms with Crippen LogP contribution in [0, 0.1) is 6.92 Å². The number of ether oxygens (including phenoxy) is 1. The highest BCUT2D eigenvalue weighted by Crippen LogP contribution is 2.24. The SMILES string of the molecule is Cc1cnn(CC2CN(Cc3csc(-c4ccco4)n3)CCO2)c1. The fraction of sp³-hybridized carbons (Fsp3) is 0.412. The van der Waals surface area contributed by atoms with Crippen molar-refractivity contribution in [2.45, 2.75) is 26.1 Å². The molecule has 7 heteroatoms. The third-order valence-corrected chi connectivity index (χ3v) is 4.95. The molecular formula is C17H20N4O2S. The first-order valence-corrected chi connectivity index (χ1v) is 8.95. The molecule has 0 radical (unpaired) electrons. The molecule has 0 saturated carbocycles. The van der Waals surface area contributed by atoms with Crippen LogP contribution in [0.1, 0.15) is 11.3 Å². The fourth-order valence-corrected chi connectivity index (χ4v) is 3.71. The molecule has 1 atom stereocenters. The summed E-state index contributed by atoms with van der Waals surface area (Å²) in [5, 5.41) is 7.39. The first kappa shape index (κ1) is 15.6. The zero-order valence-electron chi connectivity index (χ0n) is 13.6. The van der Waals surface area contributed by atoms with Crippen molar-refractivity contribution >= 4 is 11.3 Å². The zero-order valence-corrected chi connectivity index (χ0v) is 14.4. The normalized spacial score (nSPS) is 19.0. The molecule has 0 spiro atoms. The van der Waals surface area contributed by atoms with Gasteiger partial charge in [-0.1, -0.05) is 0 Å². The summed E-state index contributed by atoms with van der Waals surface area (Å²) in [7, 11) is 0. The number of aromatic nitrogens is 3. The topological polar surface area (TPSA) is 56.3 Å². The van der Waals surface area contributed by atoms with E-state index in [4.69, 9.17) is 9.15 Å². The van der Waals surface area contributed by atoms with E-state index in [2.05, 4.69) is 33.5 Å². The monoisotopic (exact) mass is 344 g/mol. The minimum absolute atomic E-state index is 0.168. The Balaban J connectivity index is 1.36. The van der Waals surface area contributed by atoms with Crippen LogP contribution in [0.2, 0.25) is 0 Å². The Morgan fingerprint density at radius 1 is 1.42 bits per heavy atom. The van der Waals surface area contributed by atoms with E-state index >= 15 is 0 Å². The largest absolute Gasteiger partial charge is 0.462 e.